The molecule has 5 nitrogen and oxygen atoms in total. The highest BCUT2D eigenvalue weighted by atomic mass is 79.9. The van der Waals surface area contributed by atoms with Crippen molar-refractivity contribution in [1.29, 1.82) is 5.26 Å². The first-order chi connectivity index (χ1) is 16.0. The zero-order chi connectivity index (χ0) is 23.2. The van der Waals surface area contributed by atoms with Gasteiger partial charge in [-0.2, -0.15) is 10.2 Å². The second kappa shape index (κ2) is 10.2. The fraction of sp³-hybridized carbons (Fsp3) is 0.115. The molecular weight excluding hydrogens is 485 g/mol. The van der Waals surface area contributed by atoms with Crippen LogP contribution in [0.4, 0.5) is 4.39 Å². The van der Waals surface area contributed by atoms with E-state index >= 15 is 0 Å². The van der Waals surface area contributed by atoms with E-state index in [9.17, 15) is 4.39 Å². The van der Waals surface area contributed by atoms with Crippen molar-refractivity contribution in [1.82, 2.24) is 9.97 Å². The maximum Gasteiger partial charge on any atom is 0.320 e. The zero-order valence-electron chi connectivity index (χ0n) is 17.8. The van der Waals surface area contributed by atoms with Crippen molar-refractivity contribution in [3.8, 4) is 29.1 Å². The van der Waals surface area contributed by atoms with Gasteiger partial charge >= 0.3 is 6.01 Å². The Morgan fingerprint density at radius 2 is 1.82 bits per heavy atom. The predicted molar refractivity (Wildman–Crippen MR) is 126 cm³/mol. The summed E-state index contributed by atoms with van der Waals surface area (Å²) < 4.78 is 25.7. The molecule has 7 heteroatoms. The molecule has 3 aromatic carbocycles. The Bertz CT molecular complexity index is 1320. The first-order valence-electron chi connectivity index (χ1n) is 10.2. The summed E-state index contributed by atoms with van der Waals surface area (Å²) in [5.74, 6) is -0.274. The predicted octanol–water partition coefficient (Wildman–Crippen LogP) is 6.38. The third kappa shape index (κ3) is 5.36. The van der Waals surface area contributed by atoms with E-state index < -0.39 is 5.82 Å². The van der Waals surface area contributed by atoms with Crippen LogP contribution in [0, 0.1) is 24.1 Å². The second-order valence-corrected chi connectivity index (χ2v) is 8.12. The van der Waals surface area contributed by atoms with Gasteiger partial charge in [0.2, 0.25) is 5.88 Å². The minimum absolute atomic E-state index is 0.0324. The number of hydrogen-bond donors (Lipinski definition) is 0. The monoisotopic (exact) mass is 503 g/mol. The van der Waals surface area contributed by atoms with Gasteiger partial charge in [-0.15, -0.1) is 0 Å². The normalized spacial score (nSPS) is 10.5. The Labute approximate surface area is 199 Å². The van der Waals surface area contributed by atoms with E-state index in [1.165, 1.54) is 12.1 Å². The SMILES string of the molecule is Cc1c(COc2ncc(Br)c(OCc3ccc(F)c(C#N)c3)n2)cccc1-c1ccccc1. The average molecular weight is 504 g/mol. The fourth-order valence-electron chi connectivity index (χ4n) is 3.32. The number of nitriles is 1. The number of benzene rings is 3. The van der Waals surface area contributed by atoms with E-state index in [-0.39, 0.29) is 24.1 Å². The van der Waals surface area contributed by atoms with Gasteiger partial charge in [-0.3, -0.25) is 0 Å². The van der Waals surface area contributed by atoms with Crippen LogP contribution < -0.4 is 9.47 Å². The molecule has 0 aliphatic rings. The minimum atomic E-state index is -0.563. The van der Waals surface area contributed by atoms with Crippen molar-refractivity contribution in [2.75, 3.05) is 0 Å². The summed E-state index contributed by atoms with van der Waals surface area (Å²) in [5, 5.41) is 8.99. The standard InChI is InChI=1S/C26H19BrFN3O2/c1-17-20(8-5-9-22(17)19-6-3-2-4-7-19)16-33-26-30-14-23(27)25(31-26)32-15-18-10-11-24(28)21(12-18)13-29/h2-12,14H,15-16H2,1H3. The summed E-state index contributed by atoms with van der Waals surface area (Å²) in [4.78, 5) is 8.54. The quantitative estimate of drug-likeness (QED) is 0.292. The van der Waals surface area contributed by atoms with Gasteiger partial charge in [-0.05, 0) is 62.8 Å². The van der Waals surface area contributed by atoms with Gasteiger partial charge in [0, 0.05) is 0 Å². The number of rotatable bonds is 7. The summed E-state index contributed by atoms with van der Waals surface area (Å²) in [5.41, 5.74) is 5.06. The molecule has 164 valence electrons. The fourth-order valence-corrected chi connectivity index (χ4v) is 3.62. The van der Waals surface area contributed by atoms with Gasteiger partial charge in [-0.1, -0.05) is 54.6 Å². The Morgan fingerprint density at radius 3 is 2.61 bits per heavy atom. The average Bonchev–Trinajstić information content (AvgIpc) is 2.84. The molecule has 0 radical (unpaired) electrons. The topological polar surface area (TPSA) is 68.0 Å². The lowest BCUT2D eigenvalue weighted by Crippen LogP contribution is -2.04. The van der Waals surface area contributed by atoms with Crippen molar-refractivity contribution in [3.05, 3.63) is 105 Å². The number of aromatic nitrogens is 2. The first kappa shape index (κ1) is 22.4. The third-order valence-electron chi connectivity index (χ3n) is 5.10. The van der Waals surface area contributed by atoms with Gasteiger partial charge in [-0.25, -0.2) is 9.37 Å². The van der Waals surface area contributed by atoms with E-state index in [2.05, 4.69) is 51.0 Å². The summed E-state index contributed by atoms with van der Waals surface area (Å²) in [6, 6.07) is 22.5. The molecule has 4 rings (SSSR count). The highest BCUT2D eigenvalue weighted by Crippen LogP contribution is 2.27. The van der Waals surface area contributed by atoms with Crippen molar-refractivity contribution < 1.29 is 13.9 Å². The number of ether oxygens (including phenoxy) is 2. The van der Waals surface area contributed by atoms with Crippen LogP contribution in [-0.2, 0) is 13.2 Å². The van der Waals surface area contributed by atoms with Crippen molar-refractivity contribution >= 4 is 15.9 Å². The van der Waals surface area contributed by atoms with E-state index in [1.54, 1.807) is 12.3 Å². The van der Waals surface area contributed by atoms with Crippen LogP contribution in [-0.4, -0.2) is 9.97 Å². The highest BCUT2D eigenvalue weighted by molar-refractivity contribution is 9.10. The lowest BCUT2D eigenvalue weighted by molar-refractivity contribution is 0.256. The molecule has 1 heterocycles. The van der Waals surface area contributed by atoms with Crippen LogP contribution in [0.25, 0.3) is 11.1 Å². The molecule has 0 spiro atoms. The lowest BCUT2D eigenvalue weighted by atomic mass is 9.97. The van der Waals surface area contributed by atoms with Crippen molar-refractivity contribution in [2.24, 2.45) is 0 Å². The second-order valence-electron chi connectivity index (χ2n) is 7.26. The van der Waals surface area contributed by atoms with E-state index in [0.717, 1.165) is 22.3 Å². The molecule has 0 saturated carbocycles. The Balaban J connectivity index is 1.46. The Hall–Kier alpha value is -3.76. The van der Waals surface area contributed by atoms with E-state index in [4.69, 9.17) is 14.7 Å². The van der Waals surface area contributed by atoms with Gasteiger partial charge in [0.05, 0.1) is 16.2 Å². The lowest BCUT2D eigenvalue weighted by Gasteiger charge is -2.13. The summed E-state index contributed by atoms with van der Waals surface area (Å²) in [6.07, 6.45) is 1.55. The third-order valence-corrected chi connectivity index (χ3v) is 5.65. The zero-order valence-corrected chi connectivity index (χ0v) is 19.3. The van der Waals surface area contributed by atoms with Crippen molar-refractivity contribution in [2.45, 2.75) is 20.1 Å². The molecule has 0 atom stereocenters. The van der Waals surface area contributed by atoms with Gasteiger partial charge < -0.3 is 9.47 Å². The maximum atomic E-state index is 13.5. The van der Waals surface area contributed by atoms with E-state index in [0.29, 0.717) is 16.6 Å². The van der Waals surface area contributed by atoms with Crippen molar-refractivity contribution in [3.63, 3.8) is 0 Å². The molecule has 4 aromatic rings. The summed E-state index contributed by atoms with van der Waals surface area (Å²) in [6.45, 7) is 2.48. The Kier molecular flexibility index (Phi) is 6.96. The number of nitrogens with zero attached hydrogens (tertiary/aromatic N) is 3. The summed E-state index contributed by atoms with van der Waals surface area (Å²) in [7, 11) is 0. The van der Waals surface area contributed by atoms with Crippen LogP contribution in [0.5, 0.6) is 11.9 Å². The first-order valence-corrected chi connectivity index (χ1v) is 10.9. The molecule has 33 heavy (non-hydrogen) atoms. The molecule has 0 saturated heterocycles. The molecule has 0 aliphatic carbocycles. The molecular formula is C26H19BrFN3O2. The molecule has 0 bridgehead atoms. The largest absolute Gasteiger partial charge is 0.472 e. The van der Waals surface area contributed by atoms with Crippen LogP contribution in [0.3, 0.4) is 0 Å². The molecule has 0 aliphatic heterocycles. The smallest absolute Gasteiger partial charge is 0.320 e. The maximum absolute atomic E-state index is 13.5. The molecule has 0 amide bonds. The highest BCUT2D eigenvalue weighted by Gasteiger charge is 2.11. The van der Waals surface area contributed by atoms with Gasteiger partial charge in [0.15, 0.2) is 0 Å². The number of hydrogen-bond acceptors (Lipinski definition) is 5. The molecule has 0 fully saturated rings. The van der Waals surface area contributed by atoms with Crippen LogP contribution in [0.1, 0.15) is 22.3 Å². The van der Waals surface area contributed by atoms with E-state index in [1.807, 2.05) is 36.4 Å². The number of halogens is 2. The molecule has 0 N–H and O–H groups in total. The van der Waals surface area contributed by atoms with Gasteiger partial charge in [0.1, 0.15) is 25.1 Å². The van der Waals surface area contributed by atoms with Gasteiger partial charge in [0.25, 0.3) is 0 Å². The van der Waals surface area contributed by atoms with Crippen LogP contribution in [0.15, 0.2) is 77.4 Å². The van der Waals surface area contributed by atoms with Crippen LogP contribution >= 0.6 is 15.9 Å². The minimum Gasteiger partial charge on any atom is -0.472 e. The summed E-state index contributed by atoms with van der Waals surface area (Å²) >= 11 is 3.37. The Morgan fingerprint density at radius 1 is 1.00 bits per heavy atom. The van der Waals surface area contributed by atoms with Crippen LogP contribution in [0.2, 0.25) is 0 Å². The molecule has 1 aromatic heterocycles. The molecule has 0 unspecified atom stereocenters.